The third kappa shape index (κ3) is 2.15. The third-order valence-corrected chi connectivity index (χ3v) is 5.15. The first-order chi connectivity index (χ1) is 10.5. The molecule has 0 spiro atoms. The Labute approximate surface area is 135 Å². The lowest BCUT2D eigenvalue weighted by molar-refractivity contribution is -0.118. The highest BCUT2D eigenvalue weighted by Gasteiger charge is 2.54. The predicted octanol–water partition coefficient (Wildman–Crippen LogP) is 3.52. The van der Waals surface area contributed by atoms with Crippen LogP contribution in [0.1, 0.15) is 25.8 Å². The van der Waals surface area contributed by atoms with Crippen LogP contribution in [0.2, 0.25) is 0 Å². The van der Waals surface area contributed by atoms with Crippen LogP contribution in [-0.4, -0.2) is 27.6 Å². The number of carbonyl (C=O) groups excluding carboxylic acids is 1. The molecule has 2 bridgehead atoms. The SMILES string of the molecule is C/C(=C(/C)N1C2CC(Cl)(C#N)C1C=CC2=O)c1ccccc1. The molecule has 2 aliphatic rings. The molecule has 0 radical (unpaired) electrons. The van der Waals surface area contributed by atoms with E-state index in [0.29, 0.717) is 6.42 Å². The van der Waals surface area contributed by atoms with Crippen molar-refractivity contribution in [3.05, 3.63) is 53.7 Å². The number of fused-ring (bicyclic) bond motifs is 2. The lowest BCUT2D eigenvalue weighted by Crippen LogP contribution is -2.44. The molecule has 0 aromatic heterocycles. The van der Waals surface area contributed by atoms with Gasteiger partial charge in [0.15, 0.2) is 10.7 Å². The third-order valence-electron chi connectivity index (χ3n) is 4.69. The standard InChI is InChI=1S/C18H17ClN2O/c1-12(14-6-4-3-5-7-14)13(2)21-15-10-18(19,11-20)17(21)9-8-16(15)22/h3-9,15,17H,10H2,1-2H3/b13-12+. The van der Waals surface area contributed by atoms with Crippen LogP contribution in [0.3, 0.4) is 0 Å². The van der Waals surface area contributed by atoms with Gasteiger partial charge in [-0.3, -0.25) is 4.79 Å². The van der Waals surface area contributed by atoms with E-state index in [2.05, 4.69) is 6.07 Å². The molecule has 2 aliphatic heterocycles. The van der Waals surface area contributed by atoms with E-state index in [4.69, 9.17) is 11.6 Å². The highest BCUT2D eigenvalue weighted by Crippen LogP contribution is 2.45. The molecule has 1 aromatic carbocycles. The topological polar surface area (TPSA) is 44.1 Å². The van der Waals surface area contributed by atoms with E-state index in [1.807, 2.05) is 49.1 Å². The van der Waals surface area contributed by atoms with Gasteiger partial charge in [-0.2, -0.15) is 5.26 Å². The van der Waals surface area contributed by atoms with Crippen molar-refractivity contribution >= 4 is 23.0 Å². The van der Waals surface area contributed by atoms with Crippen LogP contribution in [0.15, 0.2) is 48.2 Å². The molecule has 3 unspecified atom stereocenters. The zero-order chi connectivity index (χ0) is 15.9. The number of hydrogen-bond acceptors (Lipinski definition) is 3. The zero-order valence-electron chi connectivity index (χ0n) is 12.6. The molecular formula is C18H17ClN2O. The molecule has 112 valence electrons. The number of ketones is 1. The van der Waals surface area contributed by atoms with E-state index in [0.717, 1.165) is 16.8 Å². The Bertz CT molecular complexity index is 716. The normalized spacial score (nSPS) is 31.0. The van der Waals surface area contributed by atoms with Crippen molar-refractivity contribution in [3.63, 3.8) is 0 Å². The Kier molecular flexibility index (Phi) is 3.58. The van der Waals surface area contributed by atoms with Gasteiger partial charge in [-0.15, -0.1) is 0 Å². The maximum Gasteiger partial charge on any atom is 0.177 e. The van der Waals surface area contributed by atoms with Crippen LogP contribution in [-0.2, 0) is 4.79 Å². The van der Waals surface area contributed by atoms with E-state index < -0.39 is 4.87 Å². The molecule has 1 aromatic rings. The fraction of sp³-hybridized carbons (Fsp3) is 0.333. The fourth-order valence-electron chi connectivity index (χ4n) is 3.34. The highest BCUT2D eigenvalue weighted by molar-refractivity contribution is 6.27. The Balaban J connectivity index is 2.07. The summed E-state index contributed by atoms with van der Waals surface area (Å²) in [7, 11) is 0. The average Bonchev–Trinajstić information content (AvgIpc) is 2.78. The molecule has 0 saturated carbocycles. The lowest BCUT2D eigenvalue weighted by atomic mass is 10.00. The Morgan fingerprint density at radius 3 is 2.68 bits per heavy atom. The molecule has 3 nitrogen and oxygen atoms in total. The van der Waals surface area contributed by atoms with E-state index >= 15 is 0 Å². The Hall–Kier alpha value is -2.05. The summed E-state index contributed by atoms with van der Waals surface area (Å²) in [5, 5.41) is 9.44. The minimum Gasteiger partial charge on any atom is -0.355 e. The molecule has 0 N–H and O–H groups in total. The van der Waals surface area contributed by atoms with Crippen LogP contribution in [0, 0.1) is 11.3 Å². The summed E-state index contributed by atoms with van der Waals surface area (Å²) < 4.78 is 0. The number of carbonyl (C=O) groups is 1. The van der Waals surface area contributed by atoms with Gasteiger partial charge in [0.2, 0.25) is 0 Å². The summed E-state index contributed by atoms with van der Waals surface area (Å²) in [6.45, 7) is 4.03. The highest BCUT2D eigenvalue weighted by atomic mass is 35.5. The van der Waals surface area contributed by atoms with Gasteiger partial charge in [-0.25, -0.2) is 0 Å². The van der Waals surface area contributed by atoms with Gasteiger partial charge in [0.1, 0.15) is 0 Å². The van der Waals surface area contributed by atoms with Crippen LogP contribution in [0.4, 0.5) is 0 Å². The van der Waals surface area contributed by atoms with Crippen LogP contribution in [0.25, 0.3) is 5.57 Å². The lowest BCUT2D eigenvalue weighted by Gasteiger charge is -2.35. The molecule has 0 amide bonds. The van der Waals surface area contributed by atoms with E-state index in [1.165, 1.54) is 0 Å². The van der Waals surface area contributed by atoms with Gasteiger partial charge in [0, 0.05) is 12.1 Å². The Morgan fingerprint density at radius 1 is 1.36 bits per heavy atom. The number of nitrogens with zero attached hydrogens (tertiary/aromatic N) is 2. The summed E-state index contributed by atoms with van der Waals surface area (Å²) in [5.41, 5.74) is 3.20. The largest absolute Gasteiger partial charge is 0.355 e. The first-order valence-corrected chi connectivity index (χ1v) is 7.69. The predicted molar refractivity (Wildman–Crippen MR) is 87.1 cm³/mol. The summed E-state index contributed by atoms with van der Waals surface area (Å²) >= 11 is 6.48. The van der Waals surface area contributed by atoms with Crippen molar-refractivity contribution in [1.29, 1.82) is 5.26 Å². The van der Waals surface area contributed by atoms with Gasteiger partial charge in [-0.05, 0) is 31.1 Å². The molecule has 1 fully saturated rings. The second-order valence-electron chi connectivity index (χ2n) is 5.88. The van der Waals surface area contributed by atoms with E-state index in [-0.39, 0.29) is 17.9 Å². The minimum absolute atomic E-state index is 0.0224. The quantitative estimate of drug-likeness (QED) is 0.785. The van der Waals surface area contributed by atoms with Crippen molar-refractivity contribution in [2.45, 2.75) is 37.2 Å². The number of alkyl halides is 1. The second kappa shape index (κ2) is 5.30. The number of benzene rings is 1. The maximum absolute atomic E-state index is 12.2. The van der Waals surface area contributed by atoms with Crippen molar-refractivity contribution < 1.29 is 4.79 Å². The molecule has 0 aliphatic carbocycles. The Morgan fingerprint density at radius 2 is 2.05 bits per heavy atom. The van der Waals surface area contributed by atoms with Gasteiger partial charge in [0.05, 0.1) is 18.2 Å². The summed E-state index contributed by atoms with van der Waals surface area (Å²) in [6.07, 6.45) is 3.70. The van der Waals surface area contributed by atoms with Crippen molar-refractivity contribution in [2.75, 3.05) is 0 Å². The number of halogens is 1. The van der Waals surface area contributed by atoms with Gasteiger partial charge < -0.3 is 4.90 Å². The maximum atomic E-state index is 12.2. The van der Waals surface area contributed by atoms with Crippen LogP contribution < -0.4 is 0 Å². The number of nitriles is 1. The minimum atomic E-state index is -1.04. The van der Waals surface area contributed by atoms with Gasteiger partial charge in [-0.1, -0.05) is 48.0 Å². The fourth-order valence-corrected chi connectivity index (χ4v) is 3.66. The second-order valence-corrected chi connectivity index (χ2v) is 6.56. The molecule has 4 heteroatoms. The first kappa shape index (κ1) is 14.9. The van der Waals surface area contributed by atoms with Crippen molar-refractivity contribution in [3.8, 4) is 6.07 Å². The van der Waals surface area contributed by atoms with Crippen molar-refractivity contribution in [1.82, 2.24) is 4.90 Å². The number of rotatable bonds is 2. The van der Waals surface area contributed by atoms with Crippen molar-refractivity contribution in [2.24, 2.45) is 0 Å². The monoisotopic (exact) mass is 312 g/mol. The van der Waals surface area contributed by atoms with Gasteiger partial charge >= 0.3 is 0 Å². The number of allylic oxidation sites excluding steroid dienone is 2. The average molecular weight is 313 g/mol. The van der Waals surface area contributed by atoms with E-state index in [9.17, 15) is 10.1 Å². The smallest absolute Gasteiger partial charge is 0.177 e. The van der Waals surface area contributed by atoms with Crippen LogP contribution >= 0.6 is 11.6 Å². The molecule has 22 heavy (non-hydrogen) atoms. The first-order valence-electron chi connectivity index (χ1n) is 7.31. The molecular weight excluding hydrogens is 296 g/mol. The summed E-state index contributed by atoms with van der Waals surface area (Å²) in [6, 6.07) is 11.6. The molecule has 3 atom stereocenters. The zero-order valence-corrected chi connectivity index (χ0v) is 13.3. The molecule has 1 saturated heterocycles. The van der Waals surface area contributed by atoms with Gasteiger partial charge in [0.25, 0.3) is 0 Å². The molecule has 2 heterocycles. The number of hydrogen-bond donors (Lipinski definition) is 0. The summed E-state index contributed by atoms with van der Waals surface area (Å²) in [4.78, 5) is 13.2. The molecule has 3 rings (SSSR count). The van der Waals surface area contributed by atoms with E-state index in [1.54, 1.807) is 12.2 Å². The van der Waals surface area contributed by atoms with Crippen LogP contribution in [0.5, 0.6) is 0 Å². The summed E-state index contributed by atoms with van der Waals surface area (Å²) in [5.74, 6) is 0.0224.